The number of amides is 3. The second kappa shape index (κ2) is 9.18. The van der Waals surface area contributed by atoms with Crippen LogP contribution >= 0.6 is 15.9 Å². The van der Waals surface area contributed by atoms with Crippen LogP contribution in [-0.4, -0.2) is 24.3 Å². The van der Waals surface area contributed by atoms with E-state index in [2.05, 4.69) is 26.6 Å². The molecule has 158 valence electrons. The van der Waals surface area contributed by atoms with Crippen molar-refractivity contribution < 1.29 is 18.8 Å². The SMILES string of the molecule is O=C(Cc1ccc(NC(=O)c2ccc(Br)o2)cc1)Nc1ccc(N2CCCC2=O)cc1. The molecule has 4 rings (SSSR count). The first-order chi connectivity index (χ1) is 15.0. The molecule has 1 fully saturated rings. The van der Waals surface area contributed by atoms with Gasteiger partial charge in [-0.05, 0) is 76.4 Å². The fourth-order valence-corrected chi connectivity index (χ4v) is 3.68. The topological polar surface area (TPSA) is 91.7 Å². The molecule has 0 aliphatic carbocycles. The zero-order valence-corrected chi connectivity index (χ0v) is 18.1. The second-order valence-corrected chi connectivity index (χ2v) is 7.96. The van der Waals surface area contributed by atoms with Gasteiger partial charge in [0, 0.05) is 30.0 Å². The highest BCUT2D eigenvalue weighted by Gasteiger charge is 2.21. The van der Waals surface area contributed by atoms with Crippen LogP contribution in [0.15, 0.2) is 69.8 Å². The van der Waals surface area contributed by atoms with Crippen molar-refractivity contribution in [3.05, 3.63) is 76.7 Å². The Bertz CT molecular complexity index is 1110. The summed E-state index contributed by atoms with van der Waals surface area (Å²) in [5.41, 5.74) is 2.94. The van der Waals surface area contributed by atoms with E-state index in [4.69, 9.17) is 4.42 Å². The Balaban J connectivity index is 1.30. The summed E-state index contributed by atoms with van der Waals surface area (Å²) < 4.78 is 5.71. The average molecular weight is 482 g/mol. The first kappa shape index (κ1) is 20.9. The molecule has 0 spiro atoms. The summed E-state index contributed by atoms with van der Waals surface area (Å²) in [6.07, 6.45) is 1.66. The molecule has 0 saturated carbocycles. The van der Waals surface area contributed by atoms with Crippen molar-refractivity contribution in [3.8, 4) is 0 Å². The van der Waals surface area contributed by atoms with Gasteiger partial charge in [-0.1, -0.05) is 12.1 Å². The van der Waals surface area contributed by atoms with Gasteiger partial charge in [-0.15, -0.1) is 0 Å². The van der Waals surface area contributed by atoms with Gasteiger partial charge >= 0.3 is 0 Å². The average Bonchev–Trinajstić information content (AvgIpc) is 3.38. The Morgan fingerprint density at radius 3 is 2.23 bits per heavy atom. The van der Waals surface area contributed by atoms with Crippen molar-refractivity contribution in [2.45, 2.75) is 19.3 Å². The molecular weight excluding hydrogens is 462 g/mol. The van der Waals surface area contributed by atoms with Crippen LogP contribution < -0.4 is 15.5 Å². The Kier molecular flexibility index (Phi) is 6.18. The van der Waals surface area contributed by atoms with E-state index in [1.807, 2.05) is 12.1 Å². The Hall–Kier alpha value is -3.39. The molecule has 2 heterocycles. The molecule has 1 aliphatic heterocycles. The number of halogens is 1. The van der Waals surface area contributed by atoms with Crippen LogP contribution in [0.1, 0.15) is 29.0 Å². The molecule has 3 aromatic rings. The molecule has 0 atom stereocenters. The lowest BCUT2D eigenvalue weighted by atomic mass is 10.1. The molecule has 1 aromatic heterocycles. The predicted octanol–water partition coefficient (Wildman–Crippen LogP) is 4.60. The molecular formula is C23H20BrN3O4. The van der Waals surface area contributed by atoms with Gasteiger partial charge in [-0.2, -0.15) is 0 Å². The number of benzene rings is 2. The van der Waals surface area contributed by atoms with Crippen molar-refractivity contribution in [3.63, 3.8) is 0 Å². The smallest absolute Gasteiger partial charge is 0.291 e. The first-order valence-electron chi connectivity index (χ1n) is 9.84. The number of anilines is 3. The van der Waals surface area contributed by atoms with Gasteiger partial charge in [0.25, 0.3) is 5.91 Å². The third-order valence-electron chi connectivity index (χ3n) is 4.91. The number of rotatable bonds is 6. The van der Waals surface area contributed by atoms with E-state index < -0.39 is 0 Å². The Labute approximate surface area is 187 Å². The van der Waals surface area contributed by atoms with Gasteiger partial charge in [0.2, 0.25) is 11.8 Å². The molecule has 3 amide bonds. The zero-order chi connectivity index (χ0) is 21.8. The van der Waals surface area contributed by atoms with Gasteiger partial charge in [0.15, 0.2) is 10.4 Å². The van der Waals surface area contributed by atoms with E-state index in [0.29, 0.717) is 22.5 Å². The van der Waals surface area contributed by atoms with Crippen molar-refractivity contribution in [2.75, 3.05) is 22.1 Å². The van der Waals surface area contributed by atoms with Gasteiger partial charge in [0.05, 0.1) is 6.42 Å². The summed E-state index contributed by atoms with van der Waals surface area (Å²) in [6.45, 7) is 0.736. The van der Waals surface area contributed by atoms with Crippen LogP contribution in [-0.2, 0) is 16.0 Å². The van der Waals surface area contributed by atoms with E-state index in [9.17, 15) is 14.4 Å². The van der Waals surface area contributed by atoms with Crippen LogP contribution in [0.5, 0.6) is 0 Å². The van der Waals surface area contributed by atoms with E-state index in [-0.39, 0.29) is 29.9 Å². The lowest BCUT2D eigenvalue weighted by Crippen LogP contribution is -2.23. The Morgan fingerprint density at radius 1 is 0.935 bits per heavy atom. The molecule has 31 heavy (non-hydrogen) atoms. The number of hydrogen-bond donors (Lipinski definition) is 2. The fourth-order valence-electron chi connectivity index (χ4n) is 3.37. The van der Waals surface area contributed by atoms with Crippen molar-refractivity contribution in [2.24, 2.45) is 0 Å². The lowest BCUT2D eigenvalue weighted by molar-refractivity contribution is -0.117. The number of carbonyl (C=O) groups excluding carboxylic acids is 3. The molecule has 1 saturated heterocycles. The summed E-state index contributed by atoms with van der Waals surface area (Å²) in [4.78, 5) is 38.1. The normalized spacial score (nSPS) is 13.3. The number of carbonyl (C=O) groups is 3. The van der Waals surface area contributed by atoms with Gasteiger partial charge in [0.1, 0.15) is 0 Å². The molecule has 7 nitrogen and oxygen atoms in total. The molecule has 1 aliphatic rings. The van der Waals surface area contributed by atoms with E-state index in [1.54, 1.807) is 53.4 Å². The predicted molar refractivity (Wildman–Crippen MR) is 121 cm³/mol. The van der Waals surface area contributed by atoms with Gasteiger partial charge in [-0.3, -0.25) is 14.4 Å². The maximum atomic E-state index is 12.4. The number of nitrogens with zero attached hydrogens (tertiary/aromatic N) is 1. The monoisotopic (exact) mass is 481 g/mol. The summed E-state index contributed by atoms with van der Waals surface area (Å²) in [5.74, 6) is -0.165. The van der Waals surface area contributed by atoms with E-state index in [1.165, 1.54) is 0 Å². The van der Waals surface area contributed by atoms with Gasteiger partial charge in [-0.25, -0.2) is 0 Å². The lowest BCUT2D eigenvalue weighted by Gasteiger charge is -2.16. The Morgan fingerprint density at radius 2 is 1.61 bits per heavy atom. The van der Waals surface area contributed by atoms with Crippen molar-refractivity contribution in [1.82, 2.24) is 0 Å². The van der Waals surface area contributed by atoms with Crippen LogP contribution in [0, 0.1) is 0 Å². The molecule has 0 unspecified atom stereocenters. The quantitative estimate of drug-likeness (QED) is 0.537. The number of furan rings is 1. The highest BCUT2D eigenvalue weighted by Crippen LogP contribution is 2.23. The van der Waals surface area contributed by atoms with Crippen LogP contribution in [0.3, 0.4) is 0 Å². The largest absolute Gasteiger partial charge is 0.444 e. The third-order valence-corrected chi connectivity index (χ3v) is 5.34. The standard InChI is InChI=1S/C23H20BrN3O4/c24-20-12-11-19(31-20)23(30)26-17-5-3-15(4-6-17)14-21(28)25-16-7-9-18(10-8-16)27-13-1-2-22(27)29/h3-12H,1-2,13-14H2,(H,25,28)(H,26,30). The van der Waals surface area contributed by atoms with E-state index >= 15 is 0 Å². The zero-order valence-electron chi connectivity index (χ0n) is 16.6. The highest BCUT2D eigenvalue weighted by atomic mass is 79.9. The fraction of sp³-hybridized carbons (Fsp3) is 0.174. The maximum absolute atomic E-state index is 12.4. The summed E-state index contributed by atoms with van der Waals surface area (Å²) >= 11 is 3.16. The molecule has 8 heteroatoms. The third kappa shape index (κ3) is 5.21. The minimum Gasteiger partial charge on any atom is -0.444 e. The van der Waals surface area contributed by atoms with Crippen molar-refractivity contribution in [1.29, 1.82) is 0 Å². The summed E-state index contributed by atoms with van der Waals surface area (Å²) in [6, 6.07) is 17.5. The maximum Gasteiger partial charge on any atom is 0.291 e. The minimum atomic E-state index is -0.352. The number of nitrogens with one attached hydrogen (secondary N) is 2. The van der Waals surface area contributed by atoms with Crippen molar-refractivity contribution >= 4 is 50.7 Å². The van der Waals surface area contributed by atoms with Gasteiger partial charge < -0.3 is 20.0 Å². The summed E-state index contributed by atoms with van der Waals surface area (Å²) in [7, 11) is 0. The second-order valence-electron chi connectivity index (χ2n) is 7.18. The van der Waals surface area contributed by atoms with Crippen LogP contribution in [0.2, 0.25) is 0 Å². The number of hydrogen-bond acceptors (Lipinski definition) is 4. The highest BCUT2D eigenvalue weighted by molar-refractivity contribution is 9.10. The molecule has 2 aromatic carbocycles. The summed E-state index contributed by atoms with van der Waals surface area (Å²) in [5, 5.41) is 5.60. The van der Waals surface area contributed by atoms with E-state index in [0.717, 1.165) is 24.2 Å². The molecule has 0 radical (unpaired) electrons. The first-order valence-corrected chi connectivity index (χ1v) is 10.6. The molecule has 0 bridgehead atoms. The van der Waals surface area contributed by atoms with Crippen LogP contribution in [0.25, 0.3) is 0 Å². The minimum absolute atomic E-state index is 0.133. The molecule has 2 N–H and O–H groups in total. The van der Waals surface area contributed by atoms with Crippen LogP contribution in [0.4, 0.5) is 17.1 Å².